The first-order valence-electron chi connectivity index (χ1n) is 8.81. The van der Waals surface area contributed by atoms with E-state index in [4.69, 9.17) is 23.7 Å². The van der Waals surface area contributed by atoms with Crippen LogP contribution >= 0.6 is 0 Å². The van der Waals surface area contributed by atoms with Crippen molar-refractivity contribution >= 4 is 11.8 Å². The van der Waals surface area contributed by atoms with Crippen LogP contribution in [0.15, 0.2) is 36.4 Å². The van der Waals surface area contributed by atoms with Crippen LogP contribution in [0.4, 0.5) is 0 Å². The van der Waals surface area contributed by atoms with Crippen molar-refractivity contribution in [1.29, 1.82) is 0 Å². The van der Waals surface area contributed by atoms with E-state index in [1.807, 2.05) is 24.3 Å². The molecular weight excluding hydrogens is 364 g/mol. The number of benzene rings is 2. The van der Waals surface area contributed by atoms with Crippen molar-refractivity contribution in [2.24, 2.45) is 0 Å². The minimum absolute atomic E-state index is 0.0361. The molecule has 0 N–H and O–H groups in total. The van der Waals surface area contributed by atoms with Crippen molar-refractivity contribution in [3.05, 3.63) is 47.5 Å². The predicted octanol–water partition coefficient (Wildman–Crippen LogP) is 3.18. The highest BCUT2D eigenvalue weighted by Crippen LogP contribution is 2.42. The molecule has 1 heterocycles. The summed E-state index contributed by atoms with van der Waals surface area (Å²) in [5, 5.41) is 0. The third-order valence-corrected chi connectivity index (χ3v) is 4.35. The molecule has 0 radical (unpaired) electrons. The number of hydrogen-bond donors (Lipinski definition) is 0. The quantitative estimate of drug-likeness (QED) is 0.509. The van der Waals surface area contributed by atoms with Gasteiger partial charge in [-0.05, 0) is 29.8 Å². The van der Waals surface area contributed by atoms with Crippen LogP contribution in [0.5, 0.6) is 23.0 Å². The van der Waals surface area contributed by atoms with E-state index >= 15 is 0 Å². The number of fused-ring (bicyclic) bond motifs is 1. The second-order valence-electron chi connectivity index (χ2n) is 6.32. The molecule has 2 aromatic carbocycles. The molecule has 1 atom stereocenters. The lowest BCUT2D eigenvalue weighted by Crippen LogP contribution is -2.23. The molecule has 2 aromatic rings. The summed E-state index contributed by atoms with van der Waals surface area (Å²) < 4.78 is 26.5. The molecule has 1 aliphatic heterocycles. The first-order chi connectivity index (χ1) is 13.5. The zero-order valence-electron chi connectivity index (χ0n) is 16.0. The smallest absolute Gasteiger partial charge is 0.302 e. The number of ketones is 1. The summed E-state index contributed by atoms with van der Waals surface area (Å²) in [5.74, 6) is 1.48. The van der Waals surface area contributed by atoms with Gasteiger partial charge >= 0.3 is 5.97 Å². The van der Waals surface area contributed by atoms with Crippen molar-refractivity contribution in [1.82, 2.24) is 0 Å². The molecule has 0 spiro atoms. The first kappa shape index (κ1) is 19.5. The van der Waals surface area contributed by atoms with Gasteiger partial charge in [-0.1, -0.05) is 12.1 Å². The van der Waals surface area contributed by atoms with Crippen molar-refractivity contribution in [2.75, 3.05) is 21.0 Å². The topological polar surface area (TPSA) is 80.3 Å². The number of methoxy groups -OCH3 is 2. The summed E-state index contributed by atoms with van der Waals surface area (Å²) in [6.07, 6.45) is -0.138. The minimum atomic E-state index is -0.588. The van der Waals surface area contributed by atoms with Gasteiger partial charge in [-0.15, -0.1) is 0 Å². The van der Waals surface area contributed by atoms with Crippen LogP contribution in [0.2, 0.25) is 0 Å². The second-order valence-corrected chi connectivity index (χ2v) is 6.32. The van der Waals surface area contributed by atoms with Crippen LogP contribution in [0.1, 0.15) is 29.3 Å². The minimum Gasteiger partial charge on any atom is -0.497 e. The SMILES string of the molecule is COc1ccc(C[C@H](CC(=O)c2cc(OC)c3c(c2)OCO3)OC(C)=O)cc1. The van der Waals surface area contributed by atoms with Crippen LogP contribution in [-0.2, 0) is 16.0 Å². The Labute approximate surface area is 163 Å². The molecule has 0 saturated carbocycles. The fourth-order valence-corrected chi connectivity index (χ4v) is 3.03. The van der Waals surface area contributed by atoms with Crippen molar-refractivity contribution in [3.8, 4) is 23.0 Å². The van der Waals surface area contributed by atoms with Crippen LogP contribution in [0.3, 0.4) is 0 Å². The molecule has 0 saturated heterocycles. The molecule has 0 fully saturated rings. The number of ether oxygens (including phenoxy) is 5. The van der Waals surface area contributed by atoms with Crippen molar-refractivity contribution in [2.45, 2.75) is 25.9 Å². The van der Waals surface area contributed by atoms with Gasteiger partial charge in [0.2, 0.25) is 12.5 Å². The summed E-state index contributed by atoms with van der Waals surface area (Å²) in [6, 6.07) is 10.6. The van der Waals surface area contributed by atoms with Gasteiger partial charge in [0.05, 0.1) is 14.2 Å². The van der Waals surface area contributed by atoms with Crippen molar-refractivity contribution < 1.29 is 33.3 Å². The van der Waals surface area contributed by atoms with Crippen LogP contribution < -0.4 is 18.9 Å². The predicted molar refractivity (Wildman–Crippen MR) is 100 cm³/mol. The molecule has 1 aliphatic rings. The molecule has 0 unspecified atom stereocenters. The molecule has 0 aromatic heterocycles. The Bertz CT molecular complexity index is 858. The average molecular weight is 386 g/mol. The fraction of sp³-hybridized carbons (Fsp3) is 0.333. The lowest BCUT2D eigenvalue weighted by atomic mass is 9.99. The van der Waals surface area contributed by atoms with Gasteiger partial charge in [0, 0.05) is 25.3 Å². The second kappa shape index (κ2) is 8.65. The van der Waals surface area contributed by atoms with E-state index in [0.29, 0.717) is 29.2 Å². The average Bonchev–Trinajstić information content (AvgIpc) is 3.16. The third-order valence-electron chi connectivity index (χ3n) is 4.35. The van der Waals surface area contributed by atoms with E-state index in [-0.39, 0.29) is 19.0 Å². The van der Waals surface area contributed by atoms with E-state index in [0.717, 1.165) is 11.3 Å². The Hall–Kier alpha value is -3.22. The Kier molecular flexibility index (Phi) is 6.03. The molecule has 7 nitrogen and oxygen atoms in total. The van der Waals surface area contributed by atoms with Gasteiger partial charge < -0.3 is 23.7 Å². The number of esters is 1. The number of Topliss-reactive ketones (excluding diaryl/α,β-unsaturated/α-hetero) is 1. The number of carbonyl (C=O) groups excluding carboxylic acids is 2. The maximum atomic E-state index is 12.8. The summed E-state index contributed by atoms with van der Waals surface area (Å²) in [6.45, 7) is 1.41. The molecule has 148 valence electrons. The molecule has 0 amide bonds. The van der Waals surface area contributed by atoms with Crippen LogP contribution in [-0.4, -0.2) is 38.9 Å². The lowest BCUT2D eigenvalue weighted by Gasteiger charge is -2.17. The maximum absolute atomic E-state index is 12.8. The highest BCUT2D eigenvalue weighted by Gasteiger charge is 2.24. The zero-order chi connectivity index (χ0) is 20.1. The van der Waals surface area contributed by atoms with E-state index in [9.17, 15) is 9.59 Å². The van der Waals surface area contributed by atoms with E-state index < -0.39 is 12.1 Å². The molecule has 3 rings (SSSR count). The van der Waals surface area contributed by atoms with Gasteiger partial charge in [0.15, 0.2) is 17.3 Å². The zero-order valence-corrected chi connectivity index (χ0v) is 16.0. The van der Waals surface area contributed by atoms with Crippen LogP contribution in [0, 0.1) is 0 Å². The molecule has 7 heteroatoms. The Morgan fingerprint density at radius 3 is 2.46 bits per heavy atom. The lowest BCUT2D eigenvalue weighted by molar-refractivity contribution is -0.146. The Balaban J connectivity index is 1.76. The van der Waals surface area contributed by atoms with E-state index in [1.165, 1.54) is 14.0 Å². The fourth-order valence-electron chi connectivity index (χ4n) is 3.03. The first-order valence-corrected chi connectivity index (χ1v) is 8.81. The van der Waals surface area contributed by atoms with Crippen molar-refractivity contribution in [3.63, 3.8) is 0 Å². The number of rotatable bonds is 8. The maximum Gasteiger partial charge on any atom is 0.302 e. The summed E-state index contributed by atoms with van der Waals surface area (Å²) in [5.41, 5.74) is 1.34. The normalized spacial score (nSPS) is 13.0. The monoisotopic (exact) mass is 386 g/mol. The molecule has 0 bridgehead atoms. The van der Waals surface area contributed by atoms with E-state index in [1.54, 1.807) is 19.2 Å². The van der Waals surface area contributed by atoms with Gasteiger partial charge in [-0.25, -0.2) is 0 Å². The highest BCUT2D eigenvalue weighted by atomic mass is 16.7. The van der Waals surface area contributed by atoms with Crippen LogP contribution in [0.25, 0.3) is 0 Å². The van der Waals surface area contributed by atoms with Gasteiger partial charge in [0.1, 0.15) is 11.9 Å². The summed E-state index contributed by atoms with van der Waals surface area (Å²) in [4.78, 5) is 24.3. The molecular formula is C21H22O7. The third kappa shape index (κ3) is 4.54. The molecule has 28 heavy (non-hydrogen) atoms. The summed E-state index contributed by atoms with van der Waals surface area (Å²) in [7, 11) is 3.09. The van der Waals surface area contributed by atoms with E-state index in [2.05, 4.69) is 0 Å². The molecule has 0 aliphatic carbocycles. The standard InChI is InChI=1S/C21H22O7/c1-13(22)28-17(8-14-4-6-16(24-2)7-5-14)11-18(23)15-9-19(25-3)21-20(10-15)26-12-27-21/h4-7,9-10,17H,8,11-12H2,1-3H3/t17-/m1/s1. The van der Waals surface area contributed by atoms with Gasteiger partial charge in [-0.3, -0.25) is 9.59 Å². The Morgan fingerprint density at radius 2 is 1.82 bits per heavy atom. The summed E-state index contributed by atoms with van der Waals surface area (Å²) >= 11 is 0. The number of hydrogen-bond acceptors (Lipinski definition) is 7. The van der Waals surface area contributed by atoms with Gasteiger partial charge in [0.25, 0.3) is 0 Å². The Morgan fingerprint density at radius 1 is 1.07 bits per heavy atom. The largest absolute Gasteiger partial charge is 0.497 e. The van der Waals surface area contributed by atoms with Gasteiger partial charge in [-0.2, -0.15) is 0 Å². The highest BCUT2D eigenvalue weighted by molar-refractivity contribution is 5.97. The number of carbonyl (C=O) groups is 2.